The summed E-state index contributed by atoms with van der Waals surface area (Å²) in [6.45, 7) is 0. The van der Waals surface area contributed by atoms with Crippen molar-refractivity contribution in [3.63, 3.8) is 0 Å². The fourth-order valence-corrected chi connectivity index (χ4v) is 2.18. The third kappa shape index (κ3) is 1.90. The highest BCUT2D eigenvalue weighted by Crippen LogP contribution is 2.24. The third-order valence-electron chi connectivity index (χ3n) is 2.62. The van der Waals surface area contributed by atoms with Crippen LogP contribution >= 0.6 is 15.9 Å². The van der Waals surface area contributed by atoms with Crippen molar-refractivity contribution >= 4 is 27.0 Å². The molecule has 0 unspecified atom stereocenters. The number of benzene rings is 2. The van der Waals surface area contributed by atoms with Crippen molar-refractivity contribution in [2.75, 3.05) is 0 Å². The predicted octanol–water partition coefficient (Wildman–Crippen LogP) is 4.27. The molecular weight excluding hydrogens is 302 g/mol. The number of hydrogen-bond acceptors (Lipinski definition) is 1. The van der Waals surface area contributed by atoms with Gasteiger partial charge in [-0.1, -0.05) is 28.1 Å². The van der Waals surface area contributed by atoms with Crippen molar-refractivity contribution in [2.24, 2.45) is 0 Å². The monoisotopic (exact) mass is 308 g/mol. The van der Waals surface area contributed by atoms with Gasteiger partial charge in [-0.15, -0.1) is 0 Å². The first-order valence-corrected chi connectivity index (χ1v) is 6.03. The summed E-state index contributed by atoms with van der Waals surface area (Å²) in [5, 5.41) is 0. The van der Waals surface area contributed by atoms with Crippen molar-refractivity contribution in [1.82, 2.24) is 9.97 Å². The van der Waals surface area contributed by atoms with Gasteiger partial charge in [-0.05, 0) is 12.1 Å². The van der Waals surface area contributed by atoms with Crippen molar-refractivity contribution < 1.29 is 8.78 Å². The van der Waals surface area contributed by atoms with Crippen molar-refractivity contribution in [3.05, 3.63) is 52.5 Å². The van der Waals surface area contributed by atoms with Crippen LogP contribution in [0, 0.1) is 11.6 Å². The number of H-pyrrole nitrogens is 1. The highest BCUT2D eigenvalue weighted by atomic mass is 79.9. The molecule has 0 aliphatic heterocycles. The van der Waals surface area contributed by atoms with E-state index in [4.69, 9.17) is 0 Å². The first kappa shape index (κ1) is 11.3. The van der Waals surface area contributed by atoms with Gasteiger partial charge in [0.1, 0.15) is 5.82 Å². The van der Waals surface area contributed by atoms with E-state index in [-0.39, 0.29) is 0 Å². The Balaban J connectivity index is 2.19. The zero-order valence-electron chi connectivity index (χ0n) is 9.05. The zero-order chi connectivity index (χ0) is 12.7. The van der Waals surface area contributed by atoms with Crippen LogP contribution in [0.5, 0.6) is 0 Å². The van der Waals surface area contributed by atoms with Crippen LogP contribution in [0.1, 0.15) is 0 Å². The number of hydrogen-bond donors (Lipinski definition) is 1. The Morgan fingerprint density at radius 3 is 2.61 bits per heavy atom. The first-order valence-electron chi connectivity index (χ1n) is 5.24. The fraction of sp³-hybridized carbons (Fsp3) is 0. The summed E-state index contributed by atoms with van der Waals surface area (Å²) < 4.78 is 27.1. The summed E-state index contributed by atoms with van der Waals surface area (Å²) in [6, 6.07) is 9.71. The van der Waals surface area contributed by atoms with Gasteiger partial charge in [-0.25, -0.2) is 13.8 Å². The zero-order valence-corrected chi connectivity index (χ0v) is 10.6. The number of nitrogens with one attached hydrogen (secondary N) is 1. The quantitative estimate of drug-likeness (QED) is 0.714. The molecule has 2 nitrogen and oxygen atoms in total. The van der Waals surface area contributed by atoms with Crippen LogP contribution in [-0.4, -0.2) is 9.97 Å². The van der Waals surface area contributed by atoms with Gasteiger partial charge in [0.25, 0.3) is 0 Å². The summed E-state index contributed by atoms with van der Waals surface area (Å²) in [7, 11) is 0. The normalized spacial score (nSPS) is 11.1. The molecule has 2 aromatic carbocycles. The summed E-state index contributed by atoms with van der Waals surface area (Å²) >= 11 is 3.36. The van der Waals surface area contributed by atoms with Gasteiger partial charge in [-0.3, -0.25) is 0 Å². The predicted molar refractivity (Wildman–Crippen MR) is 69.1 cm³/mol. The smallest absolute Gasteiger partial charge is 0.161 e. The second-order valence-corrected chi connectivity index (χ2v) is 4.79. The van der Waals surface area contributed by atoms with Gasteiger partial charge >= 0.3 is 0 Å². The van der Waals surface area contributed by atoms with E-state index in [9.17, 15) is 8.78 Å². The van der Waals surface area contributed by atoms with E-state index in [0.29, 0.717) is 16.9 Å². The average Bonchev–Trinajstić information content (AvgIpc) is 2.73. The average molecular weight is 309 g/mol. The van der Waals surface area contributed by atoms with Gasteiger partial charge < -0.3 is 4.98 Å². The third-order valence-corrected chi connectivity index (χ3v) is 3.12. The summed E-state index contributed by atoms with van der Waals surface area (Å²) in [5.41, 5.74) is 1.73. The maximum Gasteiger partial charge on any atom is 0.161 e. The van der Waals surface area contributed by atoms with Gasteiger partial charge in [0.15, 0.2) is 11.6 Å². The number of aromatic nitrogens is 2. The van der Waals surface area contributed by atoms with E-state index in [1.165, 1.54) is 0 Å². The minimum atomic E-state index is -0.894. The first-order chi connectivity index (χ1) is 8.63. The Morgan fingerprint density at radius 1 is 1.06 bits per heavy atom. The van der Waals surface area contributed by atoms with Crippen LogP contribution in [0.15, 0.2) is 40.9 Å². The van der Waals surface area contributed by atoms with Crippen molar-refractivity contribution in [3.8, 4) is 11.4 Å². The molecule has 0 bridgehead atoms. The van der Waals surface area contributed by atoms with Crippen LogP contribution in [-0.2, 0) is 0 Å². The lowest BCUT2D eigenvalue weighted by atomic mass is 10.2. The van der Waals surface area contributed by atoms with Gasteiger partial charge in [-0.2, -0.15) is 0 Å². The molecule has 5 heteroatoms. The topological polar surface area (TPSA) is 28.7 Å². The second-order valence-electron chi connectivity index (χ2n) is 3.88. The Hall–Kier alpha value is -1.75. The van der Waals surface area contributed by atoms with Crippen LogP contribution in [0.3, 0.4) is 0 Å². The molecule has 90 valence electrons. The number of fused-ring (bicyclic) bond motifs is 1. The number of rotatable bonds is 1. The van der Waals surface area contributed by atoms with E-state index in [1.807, 2.05) is 24.3 Å². The fourth-order valence-electron chi connectivity index (χ4n) is 1.78. The lowest BCUT2D eigenvalue weighted by Gasteiger charge is -1.96. The molecule has 0 fully saturated rings. The molecule has 1 N–H and O–H groups in total. The molecule has 1 heterocycles. The Morgan fingerprint density at radius 2 is 1.83 bits per heavy atom. The standard InChI is InChI=1S/C13H7BrF2N2/c14-8-3-1-2-7(4-8)13-17-11-5-9(15)10(16)6-12(11)18-13/h1-6H,(H,17,18). The molecule has 0 aliphatic carbocycles. The van der Waals surface area contributed by atoms with Crippen LogP contribution < -0.4 is 0 Å². The summed E-state index contributed by atoms with van der Waals surface area (Å²) in [6.07, 6.45) is 0. The molecule has 3 aromatic rings. The van der Waals surface area contributed by atoms with Crippen LogP contribution in [0.25, 0.3) is 22.4 Å². The Kier molecular flexibility index (Phi) is 2.63. The molecule has 0 saturated carbocycles. The minimum Gasteiger partial charge on any atom is -0.338 e. The van der Waals surface area contributed by atoms with Gasteiger partial charge in [0.05, 0.1) is 11.0 Å². The summed E-state index contributed by atoms with van der Waals surface area (Å²) in [5.74, 6) is -1.20. The highest BCUT2D eigenvalue weighted by molar-refractivity contribution is 9.10. The van der Waals surface area contributed by atoms with E-state index in [0.717, 1.165) is 22.2 Å². The molecule has 0 amide bonds. The number of aromatic amines is 1. The van der Waals surface area contributed by atoms with E-state index in [1.54, 1.807) is 0 Å². The van der Waals surface area contributed by atoms with E-state index < -0.39 is 11.6 Å². The SMILES string of the molecule is Fc1cc2nc(-c3cccc(Br)c3)[nH]c2cc1F. The van der Waals surface area contributed by atoms with Gasteiger partial charge in [0, 0.05) is 22.2 Å². The number of halogens is 3. The maximum absolute atomic E-state index is 13.1. The molecule has 0 radical (unpaired) electrons. The molecule has 3 rings (SSSR count). The Labute approximate surface area is 110 Å². The van der Waals surface area contributed by atoms with Crippen LogP contribution in [0.2, 0.25) is 0 Å². The largest absolute Gasteiger partial charge is 0.338 e. The molecule has 0 saturated heterocycles. The second kappa shape index (κ2) is 4.17. The lowest BCUT2D eigenvalue weighted by molar-refractivity contribution is 0.510. The van der Waals surface area contributed by atoms with Crippen LogP contribution in [0.4, 0.5) is 8.78 Å². The highest BCUT2D eigenvalue weighted by Gasteiger charge is 2.09. The van der Waals surface area contributed by atoms with Gasteiger partial charge in [0.2, 0.25) is 0 Å². The molecule has 0 atom stereocenters. The lowest BCUT2D eigenvalue weighted by Crippen LogP contribution is -1.82. The molecule has 0 aliphatic rings. The minimum absolute atomic E-state index is 0.406. The molecule has 0 spiro atoms. The van der Waals surface area contributed by atoms with Crippen molar-refractivity contribution in [2.45, 2.75) is 0 Å². The number of imidazole rings is 1. The molecule has 1 aromatic heterocycles. The van der Waals surface area contributed by atoms with E-state index in [2.05, 4.69) is 25.9 Å². The molecule has 18 heavy (non-hydrogen) atoms. The Bertz CT molecular complexity index is 698. The summed E-state index contributed by atoms with van der Waals surface area (Å²) in [4.78, 5) is 7.21. The maximum atomic E-state index is 13.1. The number of nitrogens with zero attached hydrogens (tertiary/aromatic N) is 1. The van der Waals surface area contributed by atoms with Crippen molar-refractivity contribution in [1.29, 1.82) is 0 Å². The van der Waals surface area contributed by atoms with E-state index >= 15 is 0 Å². The molecular formula is C13H7BrF2N2.